The van der Waals surface area contributed by atoms with E-state index in [9.17, 15) is 4.79 Å². The highest BCUT2D eigenvalue weighted by molar-refractivity contribution is 6.29. The van der Waals surface area contributed by atoms with Crippen LogP contribution in [-0.2, 0) is 0 Å². The summed E-state index contributed by atoms with van der Waals surface area (Å²) in [5.74, 6) is -0.103. The van der Waals surface area contributed by atoms with E-state index in [0.29, 0.717) is 30.5 Å². The number of piperazine rings is 1. The number of carbonyl (C=O) groups is 1. The summed E-state index contributed by atoms with van der Waals surface area (Å²) in [5.41, 5.74) is 0.372. The van der Waals surface area contributed by atoms with Gasteiger partial charge in [-0.2, -0.15) is 5.26 Å². The minimum absolute atomic E-state index is 0.103. The van der Waals surface area contributed by atoms with Gasteiger partial charge in [-0.1, -0.05) is 17.7 Å². The largest absolute Gasteiger partial charge is 0.335 e. The highest BCUT2D eigenvalue weighted by Crippen LogP contribution is 2.10. The summed E-state index contributed by atoms with van der Waals surface area (Å²) in [6.07, 6.45) is 0. The number of aromatic nitrogens is 1. The number of hydrogen-bond acceptors (Lipinski definition) is 4. The van der Waals surface area contributed by atoms with E-state index in [2.05, 4.69) is 11.1 Å². The molecule has 0 N–H and O–H groups in total. The van der Waals surface area contributed by atoms with Crippen molar-refractivity contribution in [2.75, 3.05) is 32.7 Å². The number of halogens is 1. The third-order valence-corrected chi connectivity index (χ3v) is 3.10. The zero-order valence-electron chi connectivity index (χ0n) is 9.84. The van der Waals surface area contributed by atoms with Gasteiger partial charge in [0.2, 0.25) is 0 Å². The summed E-state index contributed by atoms with van der Waals surface area (Å²) in [6.45, 7) is 3.10. The van der Waals surface area contributed by atoms with Gasteiger partial charge in [-0.25, -0.2) is 4.98 Å². The fourth-order valence-corrected chi connectivity index (χ4v) is 2.06. The monoisotopic (exact) mass is 264 g/mol. The van der Waals surface area contributed by atoms with E-state index in [0.717, 1.165) is 13.1 Å². The van der Waals surface area contributed by atoms with Gasteiger partial charge in [-0.15, -0.1) is 0 Å². The third kappa shape index (κ3) is 2.97. The number of amides is 1. The zero-order valence-corrected chi connectivity index (χ0v) is 10.6. The SMILES string of the molecule is N#CCN1CCN(C(=O)c2cccc(Cl)n2)CC1. The average Bonchev–Trinajstić information content (AvgIpc) is 2.39. The van der Waals surface area contributed by atoms with Crippen LogP contribution in [0.4, 0.5) is 0 Å². The first-order valence-electron chi connectivity index (χ1n) is 5.72. The molecule has 0 unspecified atom stereocenters. The van der Waals surface area contributed by atoms with E-state index in [1.54, 1.807) is 23.1 Å². The number of nitrogens with zero attached hydrogens (tertiary/aromatic N) is 4. The van der Waals surface area contributed by atoms with Gasteiger partial charge in [-0.05, 0) is 12.1 Å². The normalized spacial score (nSPS) is 16.3. The molecule has 0 saturated carbocycles. The molecule has 1 aliphatic heterocycles. The predicted molar refractivity (Wildman–Crippen MR) is 67.2 cm³/mol. The summed E-state index contributed by atoms with van der Waals surface area (Å²) in [7, 11) is 0. The lowest BCUT2D eigenvalue weighted by atomic mass is 10.2. The second kappa shape index (κ2) is 5.80. The fraction of sp³-hybridized carbons (Fsp3) is 0.417. The van der Waals surface area contributed by atoms with Crippen molar-refractivity contribution >= 4 is 17.5 Å². The maximum absolute atomic E-state index is 12.1. The maximum atomic E-state index is 12.1. The Labute approximate surface area is 111 Å². The molecule has 0 atom stereocenters. The Hall–Kier alpha value is -1.64. The second-order valence-electron chi connectivity index (χ2n) is 4.07. The number of carbonyl (C=O) groups excluding carboxylic acids is 1. The minimum atomic E-state index is -0.103. The van der Waals surface area contributed by atoms with Gasteiger partial charge >= 0.3 is 0 Å². The van der Waals surface area contributed by atoms with Crippen molar-refractivity contribution in [3.8, 4) is 6.07 Å². The standard InChI is InChI=1S/C12H13ClN4O/c13-11-3-1-2-10(15-11)12(18)17-8-6-16(5-4-14)7-9-17/h1-3H,5-9H2. The molecule has 1 aliphatic rings. The predicted octanol–water partition coefficient (Wildman–Crippen LogP) is 1.02. The first kappa shape index (κ1) is 12.8. The van der Waals surface area contributed by atoms with Crippen molar-refractivity contribution in [2.45, 2.75) is 0 Å². The molecule has 18 heavy (non-hydrogen) atoms. The van der Waals surface area contributed by atoms with Crippen molar-refractivity contribution in [1.82, 2.24) is 14.8 Å². The lowest BCUT2D eigenvalue weighted by Gasteiger charge is -2.33. The van der Waals surface area contributed by atoms with E-state index in [4.69, 9.17) is 16.9 Å². The minimum Gasteiger partial charge on any atom is -0.335 e. The summed E-state index contributed by atoms with van der Waals surface area (Å²) >= 11 is 5.77. The zero-order chi connectivity index (χ0) is 13.0. The summed E-state index contributed by atoms with van der Waals surface area (Å²) in [5, 5.41) is 8.93. The van der Waals surface area contributed by atoms with Crippen molar-refractivity contribution in [3.05, 3.63) is 29.0 Å². The van der Waals surface area contributed by atoms with E-state index in [-0.39, 0.29) is 5.91 Å². The highest BCUT2D eigenvalue weighted by atomic mass is 35.5. The second-order valence-corrected chi connectivity index (χ2v) is 4.46. The van der Waals surface area contributed by atoms with E-state index >= 15 is 0 Å². The molecule has 6 heteroatoms. The molecule has 1 fully saturated rings. The molecule has 2 rings (SSSR count). The molecular formula is C12H13ClN4O. The van der Waals surface area contributed by atoms with Crippen LogP contribution in [0.2, 0.25) is 5.15 Å². The van der Waals surface area contributed by atoms with E-state index in [1.165, 1.54) is 0 Å². The van der Waals surface area contributed by atoms with Gasteiger partial charge < -0.3 is 4.90 Å². The molecule has 0 radical (unpaired) electrons. The van der Waals surface area contributed by atoms with Gasteiger partial charge in [0, 0.05) is 26.2 Å². The van der Waals surface area contributed by atoms with Crippen LogP contribution in [0, 0.1) is 11.3 Å². The van der Waals surface area contributed by atoms with Crippen LogP contribution in [0.5, 0.6) is 0 Å². The van der Waals surface area contributed by atoms with Gasteiger partial charge in [-0.3, -0.25) is 9.69 Å². The summed E-state index contributed by atoms with van der Waals surface area (Å²) in [4.78, 5) is 19.9. The van der Waals surface area contributed by atoms with Crippen LogP contribution >= 0.6 is 11.6 Å². The van der Waals surface area contributed by atoms with Crippen LogP contribution < -0.4 is 0 Å². The number of pyridine rings is 1. The maximum Gasteiger partial charge on any atom is 0.272 e. The Morgan fingerprint density at radius 2 is 2.11 bits per heavy atom. The van der Waals surface area contributed by atoms with Gasteiger partial charge in [0.15, 0.2) is 0 Å². The van der Waals surface area contributed by atoms with Crippen molar-refractivity contribution < 1.29 is 4.79 Å². The van der Waals surface area contributed by atoms with Gasteiger partial charge in [0.1, 0.15) is 10.8 Å². The molecule has 1 amide bonds. The first-order chi connectivity index (χ1) is 8.70. The topological polar surface area (TPSA) is 60.2 Å². The van der Waals surface area contributed by atoms with Crippen molar-refractivity contribution in [1.29, 1.82) is 5.26 Å². The quantitative estimate of drug-likeness (QED) is 0.591. The van der Waals surface area contributed by atoms with Crippen LogP contribution in [0.25, 0.3) is 0 Å². The molecule has 0 spiro atoms. The van der Waals surface area contributed by atoms with Crippen LogP contribution in [0.1, 0.15) is 10.5 Å². The molecule has 0 bridgehead atoms. The molecule has 2 heterocycles. The summed E-state index contributed by atoms with van der Waals surface area (Å²) in [6, 6.07) is 7.13. The Morgan fingerprint density at radius 3 is 2.72 bits per heavy atom. The number of nitriles is 1. The highest BCUT2D eigenvalue weighted by Gasteiger charge is 2.22. The molecule has 0 aromatic carbocycles. The Balaban J connectivity index is 1.98. The molecule has 1 aromatic rings. The number of hydrogen-bond donors (Lipinski definition) is 0. The lowest BCUT2D eigenvalue weighted by molar-refractivity contribution is 0.0646. The third-order valence-electron chi connectivity index (χ3n) is 2.89. The molecule has 1 saturated heterocycles. The first-order valence-corrected chi connectivity index (χ1v) is 6.09. The Kier molecular flexibility index (Phi) is 4.13. The average molecular weight is 265 g/mol. The van der Waals surface area contributed by atoms with Gasteiger partial charge in [0.25, 0.3) is 5.91 Å². The van der Waals surface area contributed by atoms with Gasteiger partial charge in [0.05, 0.1) is 12.6 Å². The lowest BCUT2D eigenvalue weighted by Crippen LogP contribution is -2.48. The molecular weight excluding hydrogens is 252 g/mol. The molecule has 1 aromatic heterocycles. The molecule has 5 nitrogen and oxygen atoms in total. The molecule has 0 aliphatic carbocycles. The van der Waals surface area contributed by atoms with Crippen LogP contribution in [0.3, 0.4) is 0 Å². The number of rotatable bonds is 2. The smallest absolute Gasteiger partial charge is 0.272 e. The molecule has 94 valence electrons. The van der Waals surface area contributed by atoms with E-state index in [1.807, 2.05) is 4.90 Å². The fourth-order valence-electron chi connectivity index (χ4n) is 1.90. The van der Waals surface area contributed by atoms with Crippen LogP contribution in [0.15, 0.2) is 18.2 Å². The summed E-state index contributed by atoms with van der Waals surface area (Å²) < 4.78 is 0. The Bertz CT molecular complexity index is 477. The van der Waals surface area contributed by atoms with Crippen molar-refractivity contribution in [2.24, 2.45) is 0 Å². The van der Waals surface area contributed by atoms with E-state index < -0.39 is 0 Å². The van der Waals surface area contributed by atoms with Crippen LogP contribution in [-0.4, -0.2) is 53.4 Å². The Morgan fingerprint density at radius 1 is 1.39 bits per heavy atom. The van der Waals surface area contributed by atoms with Crippen molar-refractivity contribution in [3.63, 3.8) is 0 Å².